The molecule has 4 nitrogen and oxygen atoms in total. The summed E-state index contributed by atoms with van der Waals surface area (Å²) in [6, 6.07) is 59.5. The van der Waals surface area contributed by atoms with E-state index in [1.807, 2.05) is 12.1 Å². The maximum absolute atomic E-state index is 5.32. The summed E-state index contributed by atoms with van der Waals surface area (Å²) in [7, 11) is 0. The van der Waals surface area contributed by atoms with Crippen LogP contribution in [-0.4, -0.2) is 14.5 Å². The van der Waals surface area contributed by atoms with Crippen LogP contribution in [0.3, 0.4) is 0 Å². The van der Waals surface area contributed by atoms with Crippen molar-refractivity contribution < 1.29 is 0 Å². The van der Waals surface area contributed by atoms with E-state index in [9.17, 15) is 0 Å². The molecule has 0 amide bonds. The minimum atomic E-state index is 0.649. The fourth-order valence-electron chi connectivity index (χ4n) is 6.71. The lowest BCUT2D eigenvalue weighted by atomic mass is 10.0. The summed E-state index contributed by atoms with van der Waals surface area (Å²) in [5.41, 5.74) is 8.26. The first-order chi connectivity index (χ1) is 22.8. The molecular weight excluding hydrogens is 560 g/mol. The van der Waals surface area contributed by atoms with Gasteiger partial charge in [0.15, 0.2) is 0 Å². The van der Waals surface area contributed by atoms with E-state index in [1.165, 1.54) is 16.2 Å². The summed E-state index contributed by atoms with van der Waals surface area (Å²) in [6.07, 6.45) is 0. The summed E-state index contributed by atoms with van der Waals surface area (Å²) in [6.45, 7) is 0. The van der Waals surface area contributed by atoms with Gasteiger partial charge in [-0.25, -0.2) is 9.97 Å². The molecule has 4 heteroatoms. The topological polar surface area (TPSA) is 34.0 Å². The molecule has 0 N–H and O–H groups in total. The predicted molar refractivity (Wildman–Crippen MR) is 192 cm³/mol. The Hall–Kier alpha value is -6.26. The number of hydrogen-bond donors (Lipinski definition) is 0. The molecule has 0 unspecified atom stereocenters. The van der Waals surface area contributed by atoms with Crippen LogP contribution in [0, 0.1) is 0 Å². The second-order valence-electron chi connectivity index (χ2n) is 11.5. The smallest absolute Gasteiger partial charge is 0.235 e. The van der Waals surface area contributed by atoms with Crippen molar-refractivity contribution in [3.63, 3.8) is 0 Å². The number of anilines is 3. The first kappa shape index (κ1) is 26.2. The predicted octanol–water partition coefficient (Wildman–Crippen LogP) is 11.0. The third-order valence-electron chi connectivity index (χ3n) is 8.77. The van der Waals surface area contributed by atoms with Crippen LogP contribution >= 0.6 is 0 Å². The largest absolute Gasteiger partial charge is 0.310 e. The van der Waals surface area contributed by atoms with Crippen molar-refractivity contribution in [3.8, 4) is 17.2 Å². The first-order valence-corrected chi connectivity index (χ1v) is 15.5. The highest BCUT2D eigenvalue weighted by atomic mass is 15.2. The average Bonchev–Trinajstić information content (AvgIpc) is 3.47. The van der Waals surface area contributed by atoms with Gasteiger partial charge in [0.2, 0.25) is 5.95 Å². The van der Waals surface area contributed by atoms with Crippen molar-refractivity contribution in [2.24, 2.45) is 0 Å². The SMILES string of the molecule is c1ccc(-c2nc(-n3c4cc(N(c5ccccc5)c5ccccc5)ccc4c4c5ccccc5ccc43)nc3ccccc23)cc1. The van der Waals surface area contributed by atoms with E-state index in [0.717, 1.165) is 55.6 Å². The lowest BCUT2D eigenvalue weighted by Crippen LogP contribution is -2.10. The van der Waals surface area contributed by atoms with Crippen LogP contribution in [0.4, 0.5) is 17.1 Å². The van der Waals surface area contributed by atoms with E-state index >= 15 is 0 Å². The van der Waals surface area contributed by atoms with Crippen molar-refractivity contribution in [1.29, 1.82) is 0 Å². The molecule has 7 aromatic carbocycles. The van der Waals surface area contributed by atoms with Gasteiger partial charge in [0.1, 0.15) is 0 Å². The number of aromatic nitrogens is 3. The van der Waals surface area contributed by atoms with E-state index < -0.39 is 0 Å². The van der Waals surface area contributed by atoms with Gasteiger partial charge < -0.3 is 4.90 Å². The van der Waals surface area contributed by atoms with Crippen LogP contribution in [0.2, 0.25) is 0 Å². The van der Waals surface area contributed by atoms with Crippen molar-refractivity contribution in [1.82, 2.24) is 14.5 Å². The Morgan fingerprint density at radius 1 is 0.435 bits per heavy atom. The van der Waals surface area contributed by atoms with Crippen LogP contribution in [0.5, 0.6) is 0 Å². The highest BCUT2D eigenvalue weighted by Gasteiger charge is 2.21. The molecule has 0 aliphatic carbocycles. The van der Waals surface area contributed by atoms with Crippen LogP contribution in [0.25, 0.3) is 60.7 Å². The second-order valence-corrected chi connectivity index (χ2v) is 11.5. The molecule has 0 fully saturated rings. The zero-order chi connectivity index (χ0) is 30.5. The summed E-state index contributed by atoms with van der Waals surface area (Å²) < 4.78 is 2.24. The summed E-state index contributed by atoms with van der Waals surface area (Å²) in [4.78, 5) is 12.8. The van der Waals surface area contributed by atoms with E-state index in [2.05, 4.69) is 167 Å². The average molecular weight is 589 g/mol. The van der Waals surface area contributed by atoms with Crippen molar-refractivity contribution in [3.05, 3.63) is 170 Å². The maximum atomic E-state index is 5.32. The van der Waals surface area contributed by atoms with Gasteiger partial charge in [0.25, 0.3) is 0 Å². The fourth-order valence-corrected chi connectivity index (χ4v) is 6.71. The summed E-state index contributed by atoms with van der Waals surface area (Å²) >= 11 is 0. The highest BCUT2D eigenvalue weighted by molar-refractivity contribution is 6.21. The van der Waals surface area contributed by atoms with Gasteiger partial charge in [0.05, 0.1) is 22.2 Å². The molecule has 9 aromatic rings. The van der Waals surface area contributed by atoms with Gasteiger partial charge in [0, 0.05) is 38.8 Å². The number of fused-ring (bicyclic) bond motifs is 6. The van der Waals surface area contributed by atoms with Gasteiger partial charge in [-0.05, 0) is 59.3 Å². The van der Waals surface area contributed by atoms with E-state index in [-0.39, 0.29) is 0 Å². The Balaban J connectivity index is 1.39. The maximum Gasteiger partial charge on any atom is 0.235 e. The highest BCUT2D eigenvalue weighted by Crippen LogP contribution is 2.41. The standard InChI is InChI=1S/C42H28N4/c1-4-15-30(16-5-1)41-35-22-12-13-23-37(35)43-42(44-41)46-38-27-24-29-14-10-11-21-34(29)40(38)36-26-25-33(28-39(36)46)45(31-17-6-2-7-18-31)32-19-8-3-9-20-32/h1-28H. The molecule has 0 aliphatic heterocycles. The minimum absolute atomic E-state index is 0.649. The number of nitrogens with zero attached hydrogens (tertiary/aromatic N) is 4. The van der Waals surface area contributed by atoms with Crippen LogP contribution in [0.15, 0.2) is 170 Å². The summed E-state index contributed by atoms with van der Waals surface area (Å²) in [5.74, 6) is 0.649. The van der Waals surface area contributed by atoms with E-state index in [1.54, 1.807) is 0 Å². The molecule has 0 spiro atoms. The Morgan fingerprint density at radius 2 is 1.07 bits per heavy atom. The lowest BCUT2D eigenvalue weighted by Gasteiger charge is -2.25. The molecular formula is C42H28N4. The lowest BCUT2D eigenvalue weighted by molar-refractivity contribution is 1.01. The molecule has 46 heavy (non-hydrogen) atoms. The number of rotatable bonds is 5. The molecule has 0 bridgehead atoms. The van der Waals surface area contributed by atoms with Gasteiger partial charge in [-0.2, -0.15) is 0 Å². The monoisotopic (exact) mass is 588 g/mol. The van der Waals surface area contributed by atoms with E-state index in [4.69, 9.17) is 9.97 Å². The molecule has 2 heterocycles. The molecule has 0 saturated carbocycles. The molecule has 0 atom stereocenters. The zero-order valence-corrected chi connectivity index (χ0v) is 25.0. The normalized spacial score (nSPS) is 11.5. The minimum Gasteiger partial charge on any atom is -0.310 e. The summed E-state index contributed by atoms with van der Waals surface area (Å²) in [5, 5.41) is 5.81. The third kappa shape index (κ3) is 4.23. The van der Waals surface area contributed by atoms with Crippen LogP contribution in [-0.2, 0) is 0 Å². The van der Waals surface area contributed by atoms with Gasteiger partial charge >= 0.3 is 0 Å². The molecule has 0 radical (unpaired) electrons. The van der Waals surface area contributed by atoms with Crippen molar-refractivity contribution in [2.45, 2.75) is 0 Å². The Labute approximate surface area is 266 Å². The van der Waals surface area contributed by atoms with Gasteiger partial charge in [-0.3, -0.25) is 4.57 Å². The quantitative estimate of drug-likeness (QED) is 0.201. The van der Waals surface area contributed by atoms with Crippen molar-refractivity contribution in [2.75, 3.05) is 4.90 Å². The fraction of sp³-hybridized carbons (Fsp3) is 0. The Bertz CT molecular complexity index is 2480. The number of para-hydroxylation sites is 3. The molecule has 0 saturated heterocycles. The third-order valence-corrected chi connectivity index (χ3v) is 8.77. The Morgan fingerprint density at radius 3 is 1.80 bits per heavy atom. The van der Waals surface area contributed by atoms with Gasteiger partial charge in [-0.1, -0.05) is 121 Å². The van der Waals surface area contributed by atoms with E-state index in [0.29, 0.717) is 5.95 Å². The molecule has 216 valence electrons. The second kappa shape index (κ2) is 10.7. The Kier molecular flexibility index (Phi) is 6.10. The van der Waals surface area contributed by atoms with Gasteiger partial charge in [-0.15, -0.1) is 0 Å². The van der Waals surface area contributed by atoms with Crippen LogP contribution in [0.1, 0.15) is 0 Å². The first-order valence-electron chi connectivity index (χ1n) is 15.5. The van der Waals surface area contributed by atoms with Crippen molar-refractivity contribution >= 4 is 60.5 Å². The molecule has 0 aliphatic rings. The molecule has 2 aromatic heterocycles. The zero-order valence-electron chi connectivity index (χ0n) is 25.0. The molecule has 9 rings (SSSR count). The number of hydrogen-bond acceptors (Lipinski definition) is 3. The van der Waals surface area contributed by atoms with Crippen LogP contribution < -0.4 is 4.90 Å². The number of benzene rings is 7.